The number of fused-ring (bicyclic) bond motifs is 1. The van der Waals surface area contributed by atoms with Gasteiger partial charge < -0.3 is 20.0 Å². The highest BCUT2D eigenvalue weighted by Crippen LogP contribution is 2.44. The van der Waals surface area contributed by atoms with Crippen LogP contribution in [0.3, 0.4) is 0 Å². The minimum Gasteiger partial charge on any atom is -0.342 e. The van der Waals surface area contributed by atoms with Crippen LogP contribution in [0.5, 0.6) is 0 Å². The molecule has 2 saturated heterocycles. The van der Waals surface area contributed by atoms with Crippen molar-refractivity contribution in [2.45, 2.75) is 55.7 Å². The van der Waals surface area contributed by atoms with E-state index in [9.17, 15) is 14.4 Å². The van der Waals surface area contributed by atoms with Crippen molar-refractivity contribution < 1.29 is 15.8 Å². The van der Waals surface area contributed by atoms with E-state index in [1.54, 1.807) is 11.8 Å². The van der Waals surface area contributed by atoms with Crippen LogP contribution in [0.2, 0.25) is 0 Å². The van der Waals surface area contributed by atoms with Crippen LogP contribution in [0.15, 0.2) is 54.6 Å². The van der Waals surface area contributed by atoms with Crippen LogP contribution < -0.4 is 5.32 Å². The highest BCUT2D eigenvalue weighted by atomic mass is 32.2. The Kier molecular flexibility index (Phi) is 7.51. The summed E-state index contributed by atoms with van der Waals surface area (Å²) in [7, 11) is 0. The number of carbonyl (C=O) groups excluding carboxylic acids is 3. The van der Waals surface area contributed by atoms with Crippen molar-refractivity contribution in [1.82, 2.24) is 14.7 Å². The van der Waals surface area contributed by atoms with Gasteiger partial charge in [0.2, 0.25) is 11.8 Å². The molecule has 0 spiro atoms. The highest BCUT2D eigenvalue weighted by molar-refractivity contribution is 8.01. The van der Waals surface area contributed by atoms with Crippen LogP contribution in [0.4, 0.5) is 10.5 Å². The van der Waals surface area contributed by atoms with Crippen LogP contribution in [-0.4, -0.2) is 70.0 Å². The molecular weight excluding hydrogens is 472 g/mol. The number of likely N-dealkylation sites (tertiary alicyclic amines) is 1. The number of para-hydroxylation sites is 1. The fourth-order valence-electron chi connectivity index (χ4n) is 5.52. The van der Waals surface area contributed by atoms with Crippen LogP contribution >= 0.6 is 11.8 Å². The zero-order valence-electron chi connectivity index (χ0n) is 20.8. The normalized spacial score (nSPS) is 22.9. The number of nitrogens with one attached hydrogen (secondary N) is 1. The molecule has 7 nitrogen and oxygen atoms in total. The Balaban J connectivity index is 0.00000320. The van der Waals surface area contributed by atoms with Crippen molar-refractivity contribution in [3.05, 3.63) is 65.7 Å². The number of anilines is 1. The van der Waals surface area contributed by atoms with E-state index >= 15 is 0 Å². The molecule has 2 aromatic carbocycles. The van der Waals surface area contributed by atoms with Crippen LogP contribution in [0, 0.1) is 0 Å². The van der Waals surface area contributed by atoms with Crippen molar-refractivity contribution in [1.29, 1.82) is 0 Å². The molecule has 3 heterocycles. The Hall–Kier alpha value is -3.00. The van der Waals surface area contributed by atoms with Crippen molar-refractivity contribution in [2.75, 3.05) is 31.5 Å². The number of hydrogen-bond acceptors (Lipinski definition) is 4. The summed E-state index contributed by atoms with van der Waals surface area (Å²) in [6, 6.07) is 18.1. The van der Waals surface area contributed by atoms with E-state index in [0.717, 1.165) is 42.5 Å². The van der Waals surface area contributed by atoms with Crippen LogP contribution in [0.1, 0.15) is 50.5 Å². The summed E-state index contributed by atoms with van der Waals surface area (Å²) in [4.78, 5) is 45.0. The molecule has 2 unspecified atom stereocenters. The molecule has 2 atom stereocenters. The lowest BCUT2D eigenvalue weighted by atomic mass is 10.0. The largest absolute Gasteiger partial charge is 0.342 e. The lowest BCUT2D eigenvalue weighted by Crippen LogP contribution is -2.50. The van der Waals surface area contributed by atoms with Gasteiger partial charge in [0.25, 0.3) is 0 Å². The minimum absolute atomic E-state index is 0. The number of hydrogen-bond donors (Lipinski definition) is 1. The summed E-state index contributed by atoms with van der Waals surface area (Å²) >= 11 is 1.60. The summed E-state index contributed by atoms with van der Waals surface area (Å²) < 4.78 is 0. The van der Waals surface area contributed by atoms with Crippen molar-refractivity contribution >= 4 is 35.3 Å². The maximum absolute atomic E-state index is 13.2. The summed E-state index contributed by atoms with van der Waals surface area (Å²) in [5.74, 6) is 0.108. The first-order chi connectivity index (χ1) is 17.5. The van der Waals surface area contributed by atoms with Gasteiger partial charge in [-0.1, -0.05) is 55.5 Å². The summed E-state index contributed by atoms with van der Waals surface area (Å²) in [5.41, 5.74) is 3.16. The van der Waals surface area contributed by atoms with Gasteiger partial charge in [0.15, 0.2) is 0 Å². The van der Waals surface area contributed by atoms with Gasteiger partial charge in [0.1, 0.15) is 5.37 Å². The van der Waals surface area contributed by atoms with Gasteiger partial charge >= 0.3 is 6.03 Å². The minimum atomic E-state index is -0.345. The Bertz CT molecular complexity index is 1110. The molecule has 3 aliphatic rings. The van der Waals surface area contributed by atoms with Gasteiger partial charge in [0.05, 0.1) is 5.25 Å². The second-order valence-electron chi connectivity index (χ2n) is 9.77. The van der Waals surface area contributed by atoms with E-state index in [4.69, 9.17) is 0 Å². The number of piperidine rings is 1. The molecule has 2 fully saturated rings. The van der Waals surface area contributed by atoms with E-state index < -0.39 is 0 Å². The number of nitrogens with zero attached hydrogens (tertiary/aromatic N) is 3. The average molecular weight is 509 g/mol. The van der Waals surface area contributed by atoms with Gasteiger partial charge in [-0.05, 0) is 42.9 Å². The smallest absolute Gasteiger partial charge is 0.322 e. The molecule has 8 heteroatoms. The van der Waals surface area contributed by atoms with E-state index in [-0.39, 0.29) is 42.4 Å². The van der Waals surface area contributed by atoms with Crippen molar-refractivity contribution in [3.8, 4) is 0 Å². The number of benzene rings is 2. The van der Waals surface area contributed by atoms with Crippen LogP contribution in [0.25, 0.3) is 0 Å². The zero-order chi connectivity index (χ0) is 25.1. The molecule has 0 aromatic heterocycles. The second kappa shape index (κ2) is 10.9. The van der Waals surface area contributed by atoms with E-state index in [2.05, 4.69) is 30.4 Å². The fourth-order valence-corrected chi connectivity index (χ4v) is 6.99. The molecule has 2 aromatic rings. The maximum atomic E-state index is 13.2. The Morgan fingerprint density at radius 1 is 1.03 bits per heavy atom. The molecule has 36 heavy (non-hydrogen) atoms. The predicted octanol–water partition coefficient (Wildman–Crippen LogP) is 4.76. The zero-order valence-corrected chi connectivity index (χ0v) is 21.6. The predicted molar refractivity (Wildman–Crippen MR) is 145 cm³/mol. The summed E-state index contributed by atoms with van der Waals surface area (Å²) in [5, 5.41) is 2.67. The summed E-state index contributed by atoms with van der Waals surface area (Å²) in [6.07, 6.45) is 3.47. The third-order valence-electron chi connectivity index (χ3n) is 7.44. The lowest BCUT2D eigenvalue weighted by Gasteiger charge is -2.38. The van der Waals surface area contributed by atoms with Gasteiger partial charge in [-0.2, -0.15) is 0 Å². The van der Waals surface area contributed by atoms with Gasteiger partial charge in [0, 0.05) is 45.8 Å². The fraction of sp³-hybridized carbons (Fsp3) is 0.464. The number of amides is 4. The molecule has 1 N–H and O–H groups in total. The van der Waals surface area contributed by atoms with E-state index in [1.165, 1.54) is 0 Å². The third kappa shape index (κ3) is 5.09. The Morgan fingerprint density at radius 2 is 1.75 bits per heavy atom. The molecule has 0 bridgehead atoms. The maximum Gasteiger partial charge on any atom is 0.322 e. The van der Waals surface area contributed by atoms with Crippen LogP contribution in [-0.2, 0) is 16.0 Å². The molecule has 3 aliphatic heterocycles. The van der Waals surface area contributed by atoms with Gasteiger partial charge in [-0.15, -0.1) is 11.8 Å². The average Bonchev–Trinajstić information content (AvgIpc) is 3.10. The Labute approximate surface area is 218 Å². The Morgan fingerprint density at radius 3 is 2.50 bits per heavy atom. The van der Waals surface area contributed by atoms with Crippen molar-refractivity contribution in [2.24, 2.45) is 0 Å². The number of carbonyl (C=O) groups is 3. The molecule has 192 valence electrons. The van der Waals surface area contributed by atoms with E-state index in [1.807, 2.05) is 51.1 Å². The van der Waals surface area contributed by atoms with Gasteiger partial charge in [-0.25, -0.2) is 4.79 Å². The first-order valence-corrected chi connectivity index (χ1v) is 13.9. The van der Waals surface area contributed by atoms with Crippen molar-refractivity contribution in [3.63, 3.8) is 0 Å². The third-order valence-corrected chi connectivity index (χ3v) is 8.93. The SMILES string of the molecule is CCCN1C(=O)C(CC(=O)N2CCC(N3CCc4ccccc4NC3=O)CC2)SC1c1ccccc1.[HH]. The lowest BCUT2D eigenvalue weighted by molar-refractivity contribution is -0.136. The topological polar surface area (TPSA) is 73.0 Å². The summed E-state index contributed by atoms with van der Waals surface area (Å²) in [6.45, 7) is 4.69. The number of urea groups is 1. The highest BCUT2D eigenvalue weighted by Gasteiger charge is 2.42. The number of rotatable bonds is 6. The molecule has 0 radical (unpaired) electrons. The second-order valence-corrected chi connectivity index (χ2v) is 11.1. The molecule has 0 saturated carbocycles. The number of thioether (sulfide) groups is 1. The molecule has 0 aliphatic carbocycles. The molecule has 4 amide bonds. The monoisotopic (exact) mass is 508 g/mol. The first kappa shape index (κ1) is 24.7. The molecule has 5 rings (SSSR count). The standard InChI is InChI=1S/C28H34N4O3S.H2/c1-2-15-32-26(34)24(36-27(32)21-9-4-3-5-10-21)19-25(33)30-16-13-22(14-17-30)31-18-12-20-8-6-7-11-23(20)29-28(31)35;/h3-11,22,24,27H,2,12-19H2,1H3,(H,29,35);1H. The molecular formula is C28H36N4O3S. The first-order valence-electron chi connectivity index (χ1n) is 13.0. The van der Waals surface area contributed by atoms with E-state index in [0.29, 0.717) is 26.2 Å². The quantitative estimate of drug-likeness (QED) is 0.611. The van der Waals surface area contributed by atoms with Gasteiger partial charge in [-0.3, -0.25) is 9.59 Å².